The van der Waals surface area contributed by atoms with Gasteiger partial charge in [-0.2, -0.15) is 0 Å². The van der Waals surface area contributed by atoms with E-state index in [9.17, 15) is 27.6 Å². The van der Waals surface area contributed by atoms with Gasteiger partial charge in [0.2, 0.25) is 0 Å². The first-order valence-electron chi connectivity index (χ1n) is 12.8. The largest absolute Gasteiger partial charge is 0.573 e. The number of hydrogen-bond acceptors (Lipinski definition) is 6. The number of benzene rings is 4. The number of aliphatic carboxylic acids is 1. The molecule has 8 nitrogen and oxygen atoms in total. The first-order chi connectivity index (χ1) is 20.5. The average Bonchev–Trinajstić information content (AvgIpc) is 2.96. The summed E-state index contributed by atoms with van der Waals surface area (Å²) in [7, 11) is 0. The SMILES string of the molecule is O=C(O)CCNC(=O)c1cccc(NC(C(=O)Oc2ccc(-c3ccc(Br)cc3)cc2)c2cccc(OC(F)(F)F)c2)c1. The summed E-state index contributed by atoms with van der Waals surface area (Å²) in [4.78, 5) is 36.7. The lowest BCUT2D eigenvalue weighted by molar-refractivity contribution is -0.274. The molecule has 0 fully saturated rings. The number of carbonyl (C=O) groups is 3. The fraction of sp³-hybridized carbons (Fsp3) is 0.129. The van der Waals surface area contributed by atoms with E-state index in [4.69, 9.17) is 9.84 Å². The number of esters is 1. The molecule has 0 aliphatic carbocycles. The summed E-state index contributed by atoms with van der Waals surface area (Å²) in [5.74, 6) is -2.79. The lowest BCUT2D eigenvalue weighted by atomic mass is 10.0. The zero-order valence-electron chi connectivity index (χ0n) is 22.2. The van der Waals surface area contributed by atoms with Gasteiger partial charge in [0.25, 0.3) is 5.91 Å². The van der Waals surface area contributed by atoms with Crippen LogP contribution < -0.4 is 20.1 Å². The first-order valence-corrected chi connectivity index (χ1v) is 13.6. The predicted molar refractivity (Wildman–Crippen MR) is 156 cm³/mol. The van der Waals surface area contributed by atoms with E-state index in [1.54, 1.807) is 30.3 Å². The Kier molecular flexibility index (Phi) is 10.0. The van der Waals surface area contributed by atoms with Crippen molar-refractivity contribution in [1.29, 1.82) is 0 Å². The molecule has 222 valence electrons. The predicted octanol–water partition coefficient (Wildman–Crippen LogP) is 6.98. The van der Waals surface area contributed by atoms with Crippen molar-refractivity contribution in [3.63, 3.8) is 0 Å². The molecule has 1 atom stereocenters. The molecule has 0 saturated carbocycles. The zero-order valence-corrected chi connectivity index (χ0v) is 23.8. The third-order valence-electron chi connectivity index (χ3n) is 5.97. The van der Waals surface area contributed by atoms with E-state index >= 15 is 0 Å². The van der Waals surface area contributed by atoms with Crippen LogP contribution in [0.2, 0.25) is 0 Å². The third-order valence-corrected chi connectivity index (χ3v) is 6.50. The lowest BCUT2D eigenvalue weighted by Gasteiger charge is -2.20. The normalized spacial score (nSPS) is 11.7. The van der Waals surface area contributed by atoms with Crippen LogP contribution in [0.5, 0.6) is 11.5 Å². The summed E-state index contributed by atoms with van der Waals surface area (Å²) in [5, 5.41) is 14.2. The summed E-state index contributed by atoms with van der Waals surface area (Å²) in [6, 6.07) is 23.9. The minimum Gasteiger partial charge on any atom is -0.481 e. The van der Waals surface area contributed by atoms with Crippen LogP contribution in [0.25, 0.3) is 11.1 Å². The number of halogens is 4. The second kappa shape index (κ2) is 13.9. The van der Waals surface area contributed by atoms with Crippen molar-refractivity contribution in [3.8, 4) is 22.6 Å². The molecule has 0 aromatic heterocycles. The first kappa shape index (κ1) is 31.1. The summed E-state index contributed by atoms with van der Waals surface area (Å²) in [6.07, 6.45) is -5.21. The van der Waals surface area contributed by atoms with Gasteiger partial charge in [0.05, 0.1) is 6.42 Å². The molecule has 0 radical (unpaired) electrons. The van der Waals surface area contributed by atoms with Gasteiger partial charge in [-0.25, -0.2) is 4.79 Å². The van der Waals surface area contributed by atoms with Gasteiger partial charge in [0, 0.05) is 22.3 Å². The fourth-order valence-corrected chi connectivity index (χ4v) is 4.27. The number of amides is 1. The van der Waals surface area contributed by atoms with Gasteiger partial charge in [-0.1, -0.05) is 58.4 Å². The Bertz CT molecular complexity index is 1590. The minimum absolute atomic E-state index is 0.0899. The van der Waals surface area contributed by atoms with E-state index in [-0.39, 0.29) is 35.5 Å². The quantitative estimate of drug-likeness (QED) is 0.118. The van der Waals surface area contributed by atoms with Crippen LogP contribution in [0.4, 0.5) is 18.9 Å². The molecule has 1 amide bonds. The molecule has 4 aromatic carbocycles. The number of carboxylic acid groups (broad SMARTS) is 1. The van der Waals surface area contributed by atoms with Gasteiger partial charge >= 0.3 is 18.3 Å². The Balaban J connectivity index is 1.58. The molecule has 0 saturated heterocycles. The highest BCUT2D eigenvalue weighted by Crippen LogP contribution is 2.30. The number of carbonyl (C=O) groups excluding carboxylic acids is 2. The topological polar surface area (TPSA) is 114 Å². The maximum atomic E-state index is 13.4. The Morgan fingerprint density at radius 2 is 1.49 bits per heavy atom. The van der Waals surface area contributed by atoms with Gasteiger partial charge in [0.15, 0.2) is 6.04 Å². The van der Waals surface area contributed by atoms with E-state index in [1.807, 2.05) is 24.3 Å². The second-order valence-corrected chi connectivity index (χ2v) is 10.0. The van der Waals surface area contributed by atoms with Crippen LogP contribution in [-0.2, 0) is 9.59 Å². The van der Waals surface area contributed by atoms with Crippen LogP contribution in [-0.4, -0.2) is 35.9 Å². The summed E-state index contributed by atoms with van der Waals surface area (Å²) in [6.45, 7) is -0.0899. The average molecular weight is 657 g/mol. The third kappa shape index (κ3) is 9.33. The Hall–Kier alpha value is -4.84. The van der Waals surface area contributed by atoms with Crippen molar-refractivity contribution >= 4 is 39.5 Å². The van der Waals surface area contributed by atoms with Crippen LogP contribution >= 0.6 is 15.9 Å². The molecule has 0 bridgehead atoms. The fourth-order valence-electron chi connectivity index (χ4n) is 4.00. The number of anilines is 1. The van der Waals surface area contributed by atoms with E-state index in [1.165, 1.54) is 30.3 Å². The number of nitrogens with one attached hydrogen (secondary N) is 2. The molecule has 0 spiro atoms. The van der Waals surface area contributed by atoms with Crippen molar-refractivity contribution in [2.75, 3.05) is 11.9 Å². The number of carboxylic acids is 1. The van der Waals surface area contributed by atoms with Gasteiger partial charge in [-0.15, -0.1) is 13.2 Å². The van der Waals surface area contributed by atoms with Crippen LogP contribution in [0.1, 0.15) is 28.4 Å². The molecule has 0 heterocycles. The summed E-state index contributed by atoms with van der Waals surface area (Å²) >= 11 is 3.39. The van der Waals surface area contributed by atoms with Crippen LogP contribution in [0.3, 0.4) is 0 Å². The molecule has 12 heteroatoms. The number of alkyl halides is 3. The van der Waals surface area contributed by atoms with E-state index in [0.29, 0.717) is 0 Å². The van der Waals surface area contributed by atoms with Gasteiger partial charge < -0.3 is 25.2 Å². The summed E-state index contributed by atoms with van der Waals surface area (Å²) < 4.78 is 49.2. The highest BCUT2D eigenvalue weighted by molar-refractivity contribution is 9.10. The molecule has 3 N–H and O–H groups in total. The minimum atomic E-state index is -4.94. The van der Waals surface area contributed by atoms with Crippen molar-refractivity contribution in [2.24, 2.45) is 0 Å². The maximum Gasteiger partial charge on any atom is 0.573 e. The maximum absolute atomic E-state index is 13.4. The number of hydrogen-bond donors (Lipinski definition) is 3. The standard InChI is InChI=1S/C31H24BrF3N2O6/c32-23-11-7-19(8-12-23)20-9-13-25(14-10-20)42-30(41)28(21-3-2-6-26(18-21)43-31(33,34)35)37-24-5-1-4-22(17-24)29(40)36-16-15-27(38)39/h1-14,17-18,28,37H,15-16H2,(H,36,40)(H,38,39). The Morgan fingerprint density at radius 3 is 2.14 bits per heavy atom. The molecule has 0 aliphatic rings. The molecule has 4 rings (SSSR count). The van der Waals surface area contributed by atoms with Gasteiger partial charge in [-0.3, -0.25) is 9.59 Å². The van der Waals surface area contributed by atoms with E-state index < -0.39 is 36.0 Å². The highest BCUT2D eigenvalue weighted by atomic mass is 79.9. The summed E-state index contributed by atoms with van der Waals surface area (Å²) in [5.41, 5.74) is 2.36. The Morgan fingerprint density at radius 1 is 0.837 bits per heavy atom. The van der Waals surface area contributed by atoms with Gasteiger partial charge in [-0.05, 0) is 71.3 Å². The Labute approximate surface area is 252 Å². The number of rotatable bonds is 11. The molecule has 4 aromatic rings. The zero-order chi connectivity index (χ0) is 31.0. The highest BCUT2D eigenvalue weighted by Gasteiger charge is 2.32. The van der Waals surface area contributed by atoms with Crippen molar-refractivity contribution in [3.05, 3.63) is 113 Å². The van der Waals surface area contributed by atoms with E-state index in [2.05, 4.69) is 31.3 Å². The number of ether oxygens (including phenoxy) is 2. The molecular weight excluding hydrogens is 633 g/mol. The van der Waals surface area contributed by atoms with Crippen molar-refractivity contribution in [2.45, 2.75) is 18.8 Å². The second-order valence-electron chi connectivity index (χ2n) is 9.13. The smallest absolute Gasteiger partial charge is 0.481 e. The lowest BCUT2D eigenvalue weighted by Crippen LogP contribution is -2.27. The monoisotopic (exact) mass is 656 g/mol. The van der Waals surface area contributed by atoms with E-state index in [0.717, 1.165) is 27.7 Å². The van der Waals surface area contributed by atoms with Gasteiger partial charge in [0.1, 0.15) is 11.5 Å². The molecule has 43 heavy (non-hydrogen) atoms. The van der Waals surface area contributed by atoms with Crippen molar-refractivity contribution in [1.82, 2.24) is 5.32 Å². The van der Waals surface area contributed by atoms with Crippen LogP contribution in [0.15, 0.2) is 102 Å². The molecular formula is C31H24BrF3N2O6. The van der Waals surface area contributed by atoms with Crippen LogP contribution in [0, 0.1) is 0 Å². The van der Waals surface area contributed by atoms with Crippen molar-refractivity contribution < 1.29 is 42.1 Å². The molecule has 1 unspecified atom stereocenters. The molecule has 0 aliphatic heterocycles.